The Hall–Kier alpha value is -2.27. The van der Waals surface area contributed by atoms with Crippen molar-refractivity contribution >= 4 is 5.69 Å². The quantitative estimate of drug-likeness (QED) is 0.864. The van der Waals surface area contributed by atoms with Crippen LogP contribution >= 0.6 is 0 Å². The van der Waals surface area contributed by atoms with Crippen molar-refractivity contribution in [2.75, 3.05) is 5.32 Å². The minimum absolute atomic E-state index is 0.396. The molecule has 1 unspecified atom stereocenters. The minimum atomic E-state index is 0.396. The van der Waals surface area contributed by atoms with Crippen molar-refractivity contribution in [1.29, 1.82) is 5.26 Å². The van der Waals surface area contributed by atoms with E-state index in [4.69, 9.17) is 5.26 Å². The molecule has 2 nitrogen and oxygen atoms in total. The van der Waals surface area contributed by atoms with Gasteiger partial charge in [-0.05, 0) is 48.9 Å². The maximum absolute atomic E-state index is 8.72. The van der Waals surface area contributed by atoms with Crippen molar-refractivity contribution in [3.05, 3.63) is 65.2 Å². The molecule has 2 aromatic carbocycles. The van der Waals surface area contributed by atoms with Crippen molar-refractivity contribution in [2.45, 2.75) is 32.2 Å². The van der Waals surface area contributed by atoms with Gasteiger partial charge in [-0.15, -0.1) is 0 Å². The van der Waals surface area contributed by atoms with Crippen molar-refractivity contribution < 1.29 is 0 Å². The second-order valence-electron chi connectivity index (χ2n) is 5.90. The fourth-order valence-electron chi connectivity index (χ4n) is 2.67. The molecule has 0 aromatic heterocycles. The molecule has 106 valence electrons. The molecular formula is C19H20N2. The van der Waals surface area contributed by atoms with Crippen LogP contribution in [0.1, 0.15) is 35.6 Å². The predicted molar refractivity (Wildman–Crippen MR) is 86.0 cm³/mol. The van der Waals surface area contributed by atoms with Gasteiger partial charge in [0.2, 0.25) is 0 Å². The topological polar surface area (TPSA) is 35.8 Å². The van der Waals surface area contributed by atoms with Crippen LogP contribution in [0.3, 0.4) is 0 Å². The molecule has 0 aliphatic heterocycles. The number of rotatable bonds is 5. The van der Waals surface area contributed by atoms with Gasteiger partial charge in [-0.3, -0.25) is 0 Å². The molecule has 0 amide bonds. The summed E-state index contributed by atoms with van der Waals surface area (Å²) in [4.78, 5) is 0. The van der Waals surface area contributed by atoms with Crippen molar-refractivity contribution in [3.63, 3.8) is 0 Å². The summed E-state index contributed by atoms with van der Waals surface area (Å²) in [6.07, 6.45) is 3.08. The number of aryl methyl sites for hydroxylation is 1. The van der Waals surface area contributed by atoms with E-state index in [0.717, 1.165) is 17.2 Å². The molecule has 0 bridgehead atoms. The number of benzene rings is 2. The minimum Gasteiger partial charge on any atom is -0.378 e. The van der Waals surface area contributed by atoms with E-state index in [9.17, 15) is 0 Å². The number of anilines is 1. The van der Waals surface area contributed by atoms with Crippen LogP contribution in [-0.2, 0) is 6.42 Å². The maximum Gasteiger partial charge on any atom is 0.0669 e. The first-order valence-electron chi connectivity index (χ1n) is 7.55. The molecule has 1 aliphatic carbocycles. The van der Waals surface area contributed by atoms with Gasteiger partial charge in [0.25, 0.3) is 0 Å². The Labute approximate surface area is 126 Å². The van der Waals surface area contributed by atoms with Gasteiger partial charge in [-0.25, -0.2) is 0 Å². The lowest BCUT2D eigenvalue weighted by atomic mass is 10.0. The predicted octanol–water partition coefficient (Wildman–Crippen LogP) is 4.62. The molecule has 0 radical (unpaired) electrons. The third-order valence-electron chi connectivity index (χ3n) is 4.09. The zero-order valence-corrected chi connectivity index (χ0v) is 12.3. The highest BCUT2D eigenvalue weighted by Gasteiger charge is 2.32. The molecule has 2 aromatic rings. The summed E-state index contributed by atoms with van der Waals surface area (Å²) >= 11 is 0. The zero-order chi connectivity index (χ0) is 14.7. The van der Waals surface area contributed by atoms with E-state index in [1.807, 2.05) is 12.1 Å². The van der Waals surface area contributed by atoms with E-state index in [1.54, 1.807) is 0 Å². The Kier molecular flexibility index (Phi) is 3.92. The molecule has 1 N–H and O–H groups in total. The first-order chi connectivity index (χ1) is 10.3. The Morgan fingerprint density at radius 1 is 1.10 bits per heavy atom. The van der Waals surface area contributed by atoms with Crippen molar-refractivity contribution in [3.8, 4) is 6.07 Å². The Morgan fingerprint density at radius 3 is 2.33 bits per heavy atom. The first kappa shape index (κ1) is 13.7. The van der Waals surface area contributed by atoms with Crippen LogP contribution in [0, 0.1) is 24.2 Å². The van der Waals surface area contributed by atoms with Gasteiger partial charge < -0.3 is 5.32 Å². The summed E-state index contributed by atoms with van der Waals surface area (Å²) in [6.45, 7) is 2.12. The molecule has 0 spiro atoms. The molecule has 1 aliphatic rings. The van der Waals surface area contributed by atoms with Crippen LogP contribution in [0.2, 0.25) is 0 Å². The van der Waals surface area contributed by atoms with Crippen LogP contribution in [0.25, 0.3) is 0 Å². The fourth-order valence-corrected chi connectivity index (χ4v) is 2.67. The van der Waals surface area contributed by atoms with Gasteiger partial charge in [-0.2, -0.15) is 5.26 Å². The summed E-state index contributed by atoms with van der Waals surface area (Å²) < 4.78 is 0. The highest BCUT2D eigenvalue weighted by molar-refractivity contribution is 5.48. The molecule has 1 saturated carbocycles. The summed E-state index contributed by atoms with van der Waals surface area (Å²) in [7, 11) is 0. The van der Waals surface area contributed by atoms with E-state index in [2.05, 4.69) is 54.7 Å². The molecule has 3 rings (SSSR count). The van der Waals surface area contributed by atoms with E-state index in [-0.39, 0.29) is 0 Å². The SMILES string of the molecule is Cc1ccc(C(Nc2ccc(CC#N)cc2)C2CC2)cc1. The summed E-state index contributed by atoms with van der Waals surface area (Å²) in [6, 6.07) is 19.6. The van der Waals surface area contributed by atoms with E-state index in [0.29, 0.717) is 12.5 Å². The Morgan fingerprint density at radius 2 is 1.76 bits per heavy atom. The molecule has 21 heavy (non-hydrogen) atoms. The van der Waals surface area contributed by atoms with E-state index >= 15 is 0 Å². The maximum atomic E-state index is 8.72. The highest BCUT2D eigenvalue weighted by Crippen LogP contribution is 2.42. The molecule has 1 fully saturated rings. The smallest absolute Gasteiger partial charge is 0.0669 e. The van der Waals surface area contributed by atoms with Crippen LogP contribution in [-0.4, -0.2) is 0 Å². The first-order valence-corrected chi connectivity index (χ1v) is 7.55. The summed E-state index contributed by atoms with van der Waals surface area (Å²) in [5.41, 5.74) is 4.87. The number of hydrogen-bond acceptors (Lipinski definition) is 2. The van der Waals surface area contributed by atoms with Crippen LogP contribution in [0.5, 0.6) is 0 Å². The van der Waals surface area contributed by atoms with Gasteiger partial charge >= 0.3 is 0 Å². The van der Waals surface area contributed by atoms with Crippen molar-refractivity contribution in [1.82, 2.24) is 0 Å². The number of hydrogen-bond donors (Lipinski definition) is 1. The average molecular weight is 276 g/mol. The van der Waals surface area contributed by atoms with Gasteiger partial charge in [0, 0.05) is 5.69 Å². The number of nitrogens with one attached hydrogen (secondary N) is 1. The molecular weight excluding hydrogens is 256 g/mol. The van der Waals surface area contributed by atoms with Gasteiger partial charge in [0.1, 0.15) is 0 Å². The molecule has 0 saturated heterocycles. The van der Waals surface area contributed by atoms with E-state index < -0.39 is 0 Å². The number of nitrogens with zero attached hydrogens (tertiary/aromatic N) is 1. The normalized spacial score (nSPS) is 15.2. The zero-order valence-electron chi connectivity index (χ0n) is 12.3. The van der Waals surface area contributed by atoms with Gasteiger partial charge in [-0.1, -0.05) is 42.0 Å². The van der Waals surface area contributed by atoms with Crippen LogP contribution < -0.4 is 5.32 Å². The lowest BCUT2D eigenvalue weighted by molar-refractivity contribution is 0.679. The van der Waals surface area contributed by atoms with Crippen LogP contribution in [0.4, 0.5) is 5.69 Å². The van der Waals surface area contributed by atoms with Crippen molar-refractivity contribution in [2.24, 2.45) is 5.92 Å². The average Bonchev–Trinajstić information content (AvgIpc) is 3.33. The molecule has 2 heteroatoms. The standard InChI is InChI=1S/C19H20N2/c1-14-2-6-16(7-3-14)19(17-8-9-17)21-18-10-4-15(5-11-18)12-13-20/h2-7,10-11,17,19,21H,8-9,12H2,1H3. The Bertz CT molecular complexity index is 631. The fraction of sp³-hybridized carbons (Fsp3) is 0.316. The van der Waals surface area contributed by atoms with E-state index in [1.165, 1.54) is 24.0 Å². The third-order valence-corrected chi connectivity index (χ3v) is 4.09. The van der Waals surface area contributed by atoms with Gasteiger partial charge in [0.15, 0.2) is 0 Å². The second-order valence-corrected chi connectivity index (χ2v) is 5.90. The molecule has 0 heterocycles. The van der Waals surface area contributed by atoms with Gasteiger partial charge in [0.05, 0.1) is 18.5 Å². The number of nitriles is 1. The van der Waals surface area contributed by atoms with Crippen LogP contribution in [0.15, 0.2) is 48.5 Å². The second kappa shape index (κ2) is 6.01. The molecule has 1 atom stereocenters. The largest absolute Gasteiger partial charge is 0.378 e. The summed E-state index contributed by atoms with van der Waals surface area (Å²) in [5, 5.41) is 12.4. The summed E-state index contributed by atoms with van der Waals surface area (Å²) in [5.74, 6) is 0.742. The lowest BCUT2D eigenvalue weighted by Crippen LogP contribution is -2.12. The Balaban J connectivity index is 1.76. The highest BCUT2D eigenvalue weighted by atomic mass is 14.9. The monoisotopic (exact) mass is 276 g/mol. The lowest BCUT2D eigenvalue weighted by Gasteiger charge is -2.20. The third kappa shape index (κ3) is 3.44.